The van der Waals surface area contributed by atoms with Crippen molar-refractivity contribution >= 4 is 152 Å². The Hall–Kier alpha value is -17.2. The average molecular weight is 2060 g/mol. The highest BCUT2D eigenvalue weighted by molar-refractivity contribution is 6.32. The second-order valence-corrected chi connectivity index (χ2v) is 34.4. The maximum atomic E-state index is 14.2. The Labute approximate surface area is 861 Å². The van der Waals surface area contributed by atoms with Gasteiger partial charge >= 0.3 is 0 Å². The summed E-state index contributed by atoms with van der Waals surface area (Å²) in [6, 6.07) is 41.5. The molecule has 12 aromatic heterocycles. The van der Waals surface area contributed by atoms with Crippen LogP contribution in [0, 0.1) is 57.9 Å². The maximum Gasteiger partial charge on any atom is 0.245 e. The molecule has 4 aromatic carbocycles. The lowest BCUT2D eigenvalue weighted by Gasteiger charge is -2.27. The van der Waals surface area contributed by atoms with Crippen LogP contribution in [0.2, 0.25) is 15.1 Å². The van der Waals surface area contributed by atoms with Crippen molar-refractivity contribution in [3.63, 3.8) is 0 Å². The molecule has 0 bridgehead atoms. The lowest BCUT2D eigenvalue weighted by atomic mass is 10.1. The molecule has 148 heavy (non-hydrogen) atoms. The molecular weight excluding hydrogens is 1960 g/mol. The molecule has 0 atom stereocenters. The first kappa shape index (κ1) is 102. The monoisotopic (exact) mass is 2060 g/mol. The molecule has 20 rings (SSSR count). The Balaban J connectivity index is 0.000000135. The molecule has 4 fully saturated rings. The number of anilines is 16. The third-order valence-corrected chi connectivity index (χ3v) is 22.8. The lowest BCUT2D eigenvalue weighted by Crippen LogP contribution is -2.37. The first-order chi connectivity index (χ1) is 72.2. The van der Waals surface area contributed by atoms with Crippen LogP contribution in [0.1, 0.15) is 51.1 Å². The highest BCUT2D eigenvalue weighted by atomic mass is 35.5. The number of aryl methyl sites for hydroxylation is 5. The molecule has 0 unspecified atom stereocenters. The summed E-state index contributed by atoms with van der Waals surface area (Å²) in [6.45, 7) is 18.5. The number of nitrogens with zero attached hydrogens (tertiary/aromatic N) is 28. The molecule has 4 saturated heterocycles. The minimum atomic E-state index is -0.487. The molecule has 47 heteroatoms. The summed E-state index contributed by atoms with van der Waals surface area (Å²) in [5.41, 5.74) is 29.6. The predicted molar refractivity (Wildman–Crippen MR) is 564 cm³/mol. The van der Waals surface area contributed by atoms with Crippen LogP contribution in [-0.4, -0.2) is 230 Å². The normalized spacial score (nSPS) is 13.6. The average Bonchev–Trinajstić information content (AvgIpc) is 0.817. The van der Waals surface area contributed by atoms with Gasteiger partial charge in [0.05, 0.1) is 196 Å². The van der Waals surface area contributed by atoms with Crippen LogP contribution in [0.5, 0.6) is 0 Å². The van der Waals surface area contributed by atoms with E-state index in [2.05, 4.69) is 175 Å². The molecule has 0 aliphatic carbocycles. The molecular formula is C101H95Cl3F4N36O4. The van der Waals surface area contributed by atoms with Crippen molar-refractivity contribution in [2.45, 2.75) is 34.6 Å². The van der Waals surface area contributed by atoms with E-state index >= 15 is 0 Å². The van der Waals surface area contributed by atoms with E-state index in [1.807, 2.05) is 157 Å². The first-order valence-corrected chi connectivity index (χ1v) is 47.5. The smallest absolute Gasteiger partial charge is 0.245 e. The number of ether oxygens (including phenoxy) is 4. The van der Waals surface area contributed by atoms with Crippen molar-refractivity contribution in [1.29, 1.82) is 0 Å². The largest absolute Gasteiger partial charge is 0.378 e. The van der Waals surface area contributed by atoms with Crippen molar-refractivity contribution in [3.05, 3.63) is 310 Å². The maximum absolute atomic E-state index is 14.2. The van der Waals surface area contributed by atoms with Gasteiger partial charge in [-0.1, -0.05) is 34.8 Å². The summed E-state index contributed by atoms with van der Waals surface area (Å²) in [6.07, 6.45) is 27.5. The van der Waals surface area contributed by atoms with Crippen LogP contribution in [0.4, 0.5) is 110 Å². The van der Waals surface area contributed by atoms with E-state index < -0.39 is 23.3 Å². The molecule has 752 valence electrons. The van der Waals surface area contributed by atoms with E-state index in [0.717, 1.165) is 138 Å². The van der Waals surface area contributed by atoms with Gasteiger partial charge in [-0.15, -0.1) is 0 Å². The first-order valence-electron chi connectivity index (χ1n) is 46.3. The van der Waals surface area contributed by atoms with Crippen molar-refractivity contribution in [2.24, 2.45) is 20.4 Å². The van der Waals surface area contributed by atoms with Crippen LogP contribution in [-0.2, 0) is 18.9 Å². The van der Waals surface area contributed by atoms with Crippen LogP contribution >= 0.6 is 34.8 Å². The SMILES string of the molecule is Cc1cc(Nc2ccc(/C=N/Nc3ncc(F)c(N4CCOCC4)n3)nc2)cc(-c2ccnc(C)n2)c1.Cc1ccnc(-c2cc(Cl)cc(Nc3ccc(/C=N/Nc4ncc(F)c(N5CCOCC5)n4)nc3)c2)n1.Cc1cncnc1-c1cc(Cl)cc(Nc2ccc(/C=N/Nc3ncc(F)c(N4CCOCC4)n3)nc2)c1.Cc1nccnc1-c1cc(Cl)cc(Nc2ccc(/C=N/Nc3ncc(F)c(N4CCOCC4)n3)nc2)c1. The van der Waals surface area contributed by atoms with Crippen molar-refractivity contribution in [2.75, 3.05) is 168 Å². The van der Waals surface area contributed by atoms with E-state index in [1.165, 1.54) is 25.0 Å². The van der Waals surface area contributed by atoms with Gasteiger partial charge in [0, 0.05) is 149 Å². The van der Waals surface area contributed by atoms with Gasteiger partial charge in [-0.25, -0.2) is 89.1 Å². The summed E-state index contributed by atoms with van der Waals surface area (Å²) in [5.74, 6) is 1.07. The number of hydrogen-bond donors (Lipinski definition) is 8. The van der Waals surface area contributed by atoms with E-state index in [-0.39, 0.29) is 47.1 Å². The zero-order valence-electron chi connectivity index (χ0n) is 80.2. The molecule has 4 aliphatic rings. The zero-order valence-corrected chi connectivity index (χ0v) is 82.5. The van der Waals surface area contributed by atoms with Gasteiger partial charge < -0.3 is 59.8 Å². The van der Waals surface area contributed by atoms with Crippen LogP contribution in [0.25, 0.3) is 45.2 Å². The summed E-state index contributed by atoms with van der Waals surface area (Å²) in [5, 5.41) is 31.5. The van der Waals surface area contributed by atoms with Crippen molar-refractivity contribution < 1.29 is 36.5 Å². The molecule has 8 N–H and O–H groups in total. The minimum Gasteiger partial charge on any atom is -0.378 e. The number of nitrogens with one attached hydrogen (secondary N) is 8. The second kappa shape index (κ2) is 50.4. The topological polar surface area (TPSA) is 453 Å². The number of hydrogen-bond acceptors (Lipinski definition) is 40. The Bertz CT molecular complexity index is 6940. The fraction of sp³-hybridized carbons (Fsp3) is 0.208. The van der Waals surface area contributed by atoms with Gasteiger partial charge in [0.25, 0.3) is 0 Å². The third kappa shape index (κ3) is 29.1. The highest BCUT2D eigenvalue weighted by Gasteiger charge is 2.24. The zero-order chi connectivity index (χ0) is 102. The summed E-state index contributed by atoms with van der Waals surface area (Å²) in [7, 11) is 0. The standard InChI is InChI=1S/C26H26FN9O.3C25H23ClFN9O/c1-17-11-19(24-5-6-28-18(2)32-24)13-22(12-17)33-21-4-3-20(29-14-21)15-31-35-26-30-16-23(27)25(34-26)36-7-9-37-10-8-36;1-16-11-28-15-31-23(16)17-8-18(26)10-21(9-17)33-20-3-2-19(29-12-20)13-32-35-25-30-14-22(27)24(34-25)36-4-6-37-7-5-36;1-16-23(29-5-4-28-16)17-10-18(26)12-21(11-17)33-20-3-2-19(30-13-20)14-32-35-25-31-15-22(27)24(34-25)36-6-8-37-9-7-36;1-16-4-5-28-23(32-16)17-10-18(26)12-21(11-17)33-20-3-2-19(29-13-20)14-31-35-25-30-15-22(27)24(34-25)36-6-8-37-9-7-36/h3-6,11-16,33H,7-10H2,1-2H3,(H,30,34,35);2-3,8-15,33H,4-7H2,1H3,(H,30,34,35);2-5,10-15,33H,6-9H2,1H3,(H,31,34,35);2-5,10-15,33H,6-9H2,1H3,(H,30,34,35)/b31-15+;32-13+;32-14+;31-14+. The van der Waals surface area contributed by atoms with E-state index in [1.54, 1.807) is 80.2 Å². The lowest BCUT2D eigenvalue weighted by molar-refractivity contribution is 0.122. The molecule has 0 spiro atoms. The molecule has 0 amide bonds. The van der Waals surface area contributed by atoms with Crippen LogP contribution < -0.4 is 62.6 Å². The van der Waals surface area contributed by atoms with E-state index in [0.29, 0.717) is 149 Å². The van der Waals surface area contributed by atoms with Gasteiger partial charge in [-0.3, -0.25) is 29.9 Å². The highest BCUT2D eigenvalue weighted by Crippen LogP contribution is 2.35. The molecule has 16 aromatic rings. The van der Waals surface area contributed by atoms with Gasteiger partial charge in [0.15, 0.2) is 52.4 Å². The minimum absolute atomic E-state index is 0.187. The Kier molecular flexibility index (Phi) is 34.8. The Morgan fingerprint density at radius 1 is 0.311 bits per heavy atom. The van der Waals surface area contributed by atoms with Gasteiger partial charge in [0.1, 0.15) is 12.2 Å². The summed E-state index contributed by atoms with van der Waals surface area (Å²) in [4.78, 5) is 92.3. The molecule has 4 aliphatic heterocycles. The van der Waals surface area contributed by atoms with E-state index in [4.69, 9.17) is 53.8 Å². The molecule has 0 saturated carbocycles. The second-order valence-electron chi connectivity index (χ2n) is 33.1. The van der Waals surface area contributed by atoms with Crippen LogP contribution in [0.15, 0.2) is 241 Å². The number of rotatable bonds is 28. The quantitative estimate of drug-likeness (QED) is 0.0128. The van der Waals surface area contributed by atoms with Gasteiger partial charge in [-0.05, 0) is 179 Å². The van der Waals surface area contributed by atoms with Crippen molar-refractivity contribution in [1.82, 2.24) is 99.7 Å². The number of hydrazone groups is 4. The Morgan fingerprint density at radius 2 is 0.669 bits per heavy atom. The van der Waals surface area contributed by atoms with Crippen LogP contribution in [0.3, 0.4) is 0 Å². The van der Waals surface area contributed by atoms with Crippen molar-refractivity contribution in [3.8, 4) is 45.2 Å². The predicted octanol–water partition coefficient (Wildman–Crippen LogP) is 17.5. The number of benzene rings is 4. The van der Waals surface area contributed by atoms with Gasteiger partial charge in [-0.2, -0.15) is 40.3 Å². The number of aromatic nitrogens is 20. The fourth-order valence-corrected chi connectivity index (χ4v) is 15.8. The number of halogens is 7. The molecule has 16 heterocycles. The summed E-state index contributed by atoms with van der Waals surface area (Å²) < 4.78 is 78.0. The number of pyridine rings is 4. The fourth-order valence-electron chi connectivity index (χ4n) is 15.1. The number of morpholine rings is 4. The molecule has 0 radical (unpaired) electrons. The van der Waals surface area contributed by atoms with E-state index in [9.17, 15) is 17.6 Å². The summed E-state index contributed by atoms with van der Waals surface area (Å²) >= 11 is 19.0. The third-order valence-electron chi connectivity index (χ3n) is 22.1. The molecule has 40 nitrogen and oxygen atoms in total. The van der Waals surface area contributed by atoms with Gasteiger partial charge in [0.2, 0.25) is 23.8 Å². The Morgan fingerprint density at radius 3 is 1.03 bits per heavy atom.